The number of halogens is 1. The molecular formula is C15H18FN3O. The number of hydrogen-bond donors (Lipinski definition) is 1. The second-order valence-corrected chi connectivity index (χ2v) is 5.25. The average Bonchev–Trinajstić information content (AvgIpc) is 2.87. The molecule has 1 N–H and O–H groups in total. The summed E-state index contributed by atoms with van der Waals surface area (Å²) >= 11 is 0. The quantitative estimate of drug-likeness (QED) is 0.933. The van der Waals surface area contributed by atoms with E-state index in [4.69, 9.17) is 4.52 Å². The summed E-state index contributed by atoms with van der Waals surface area (Å²) in [4.78, 5) is 2.32. The van der Waals surface area contributed by atoms with E-state index in [1.54, 1.807) is 18.2 Å². The SMILES string of the molecule is CC1CN(Cc2cc(-c3ccccc3F)on2)CCN1. The van der Waals surface area contributed by atoms with E-state index in [1.807, 2.05) is 6.07 Å². The van der Waals surface area contributed by atoms with Crippen LogP contribution in [0.1, 0.15) is 12.6 Å². The Balaban J connectivity index is 1.72. The Kier molecular flexibility index (Phi) is 3.80. The van der Waals surface area contributed by atoms with Crippen molar-refractivity contribution in [2.75, 3.05) is 19.6 Å². The molecular weight excluding hydrogens is 257 g/mol. The molecule has 0 bridgehead atoms. The van der Waals surface area contributed by atoms with Gasteiger partial charge in [-0.1, -0.05) is 17.3 Å². The van der Waals surface area contributed by atoms with Gasteiger partial charge in [0.05, 0.1) is 11.3 Å². The van der Waals surface area contributed by atoms with Crippen LogP contribution in [0, 0.1) is 5.82 Å². The van der Waals surface area contributed by atoms with Gasteiger partial charge in [-0.2, -0.15) is 0 Å². The zero-order valence-electron chi connectivity index (χ0n) is 11.5. The lowest BCUT2D eigenvalue weighted by Crippen LogP contribution is -2.48. The molecule has 1 aliphatic heterocycles. The first kappa shape index (κ1) is 13.3. The van der Waals surface area contributed by atoms with Crippen molar-refractivity contribution in [2.24, 2.45) is 0 Å². The molecule has 1 fully saturated rings. The highest BCUT2D eigenvalue weighted by Gasteiger charge is 2.18. The lowest BCUT2D eigenvalue weighted by Gasteiger charge is -2.30. The second kappa shape index (κ2) is 5.73. The Morgan fingerprint density at radius 2 is 2.30 bits per heavy atom. The topological polar surface area (TPSA) is 41.3 Å². The molecule has 1 aliphatic rings. The van der Waals surface area contributed by atoms with Crippen LogP contribution < -0.4 is 5.32 Å². The Labute approximate surface area is 117 Å². The summed E-state index contributed by atoms with van der Waals surface area (Å²) in [6.45, 7) is 5.87. The maximum atomic E-state index is 13.7. The van der Waals surface area contributed by atoms with Crippen LogP contribution in [0.5, 0.6) is 0 Å². The summed E-state index contributed by atoms with van der Waals surface area (Å²) in [7, 11) is 0. The van der Waals surface area contributed by atoms with Crippen molar-refractivity contribution in [3.8, 4) is 11.3 Å². The van der Waals surface area contributed by atoms with E-state index in [1.165, 1.54) is 6.07 Å². The van der Waals surface area contributed by atoms with E-state index in [9.17, 15) is 4.39 Å². The highest BCUT2D eigenvalue weighted by molar-refractivity contribution is 5.57. The van der Waals surface area contributed by atoms with Gasteiger partial charge in [-0.25, -0.2) is 4.39 Å². The number of nitrogens with one attached hydrogen (secondary N) is 1. The van der Waals surface area contributed by atoms with Gasteiger partial charge in [0, 0.05) is 38.3 Å². The molecule has 0 saturated carbocycles. The van der Waals surface area contributed by atoms with E-state index in [2.05, 4.69) is 22.3 Å². The fraction of sp³-hybridized carbons (Fsp3) is 0.400. The van der Waals surface area contributed by atoms with E-state index in [0.29, 0.717) is 17.4 Å². The molecule has 1 atom stereocenters. The van der Waals surface area contributed by atoms with Crippen molar-refractivity contribution in [3.63, 3.8) is 0 Å². The Morgan fingerprint density at radius 3 is 3.10 bits per heavy atom. The van der Waals surface area contributed by atoms with Gasteiger partial charge in [-0.3, -0.25) is 4.90 Å². The third kappa shape index (κ3) is 2.89. The molecule has 3 rings (SSSR count). The normalized spacial score (nSPS) is 20.2. The van der Waals surface area contributed by atoms with Crippen LogP contribution in [0.15, 0.2) is 34.9 Å². The van der Waals surface area contributed by atoms with Gasteiger partial charge in [0.2, 0.25) is 0 Å². The van der Waals surface area contributed by atoms with Crippen molar-refractivity contribution in [2.45, 2.75) is 19.5 Å². The van der Waals surface area contributed by atoms with Crippen LogP contribution in [0.2, 0.25) is 0 Å². The first-order valence-corrected chi connectivity index (χ1v) is 6.88. The Bertz CT molecular complexity index is 584. The van der Waals surface area contributed by atoms with Gasteiger partial charge in [0.1, 0.15) is 5.82 Å². The van der Waals surface area contributed by atoms with Crippen LogP contribution in [0.3, 0.4) is 0 Å². The zero-order valence-corrected chi connectivity index (χ0v) is 11.5. The smallest absolute Gasteiger partial charge is 0.170 e. The van der Waals surface area contributed by atoms with E-state index < -0.39 is 0 Å². The third-order valence-corrected chi connectivity index (χ3v) is 3.54. The molecule has 106 valence electrons. The van der Waals surface area contributed by atoms with Gasteiger partial charge in [0.15, 0.2) is 5.76 Å². The lowest BCUT2D eigenvalue weighted by atomic mass is 10.1. The highest BCUT2D eigenvalue weighted by atomic mass is 19.1. The predicted octanol–water partition coefficient (Wildman–Crippen LogP) is 2.27. The number of benzene rings is 1. The minimum atomic E-state index is -0.286. The molecule has 20 heavy (non-hydrogen) atoms. The van der Waals surface area contributed by atoms with Gasteiger partial charge >= 0.3 is 0 Å². The minimum Gasteiger partial charge on any atom is -0.356 e. The summed E-state index contributed by atoms with van der Waals surface area (Å²) in [5.74, 6) is 0.201. The number of rotatable bonds is 3. The molecule has 2 heterocycles. The molecule has 2 aromatic rings. The molecule has 1 aromatic carbocycles. The summed E-state index contributed by atoms with van der Waals surface area (Å²) in [5, 5.41) is 7.45. The maximum absolute atomic E-state index is 13.7. The van der Waals surface area contributed by atoms with Gasteiger partial charge in [0.25, 0.3) is 0 Å². The van der Waals surface area contributed by atoms with Crippen LogP contribution in [-0.4, -0.2) is 35.7 Å². The van der Waals surface area contributed by atoms with Crippen LogP contribution in [0.25, 0.3) is 11.3 Å². The first-order chi connectivity index (χ1) is 9.72. The van der Waals surface area contributed by atoms with Crippen molar-refractivity contribution in [1.82, 2.24) is 15.4 Å². The maximum Gasteiger partial charge on any atom is 0.170 e. The van der Waals surface area contributed by atoms with E-state index in [-0.39, 0.29) is 5.82 Å². The highest BCUT2D eigenvalue weighted by Crippen LogP contribution is 2.23. The summed E-state index contributed by atoms with van der Waals surface area (Å²) < 4.78 is 19.0. The zero-order chi connectivity index (χ0) is 13.9. The fourth-order valence-electron chi connectivity index (χ4n) is 2.56. The molecule has 1 aromatic heterocycles. The number of hydrogen-bond acceptors (Lipinski definition) is 4. The largest absolute Gasteiger partial charge is 0.356 e. The van der Waals surface area contributed by atoms with E-state index in [0.717, 1.165) is 31.9 Å². The van der Waals surface area contributed by atoms with Gasteiger partial charge in [-0.05, 0) is 19.1 Å². The molecule has 0 radical (unpaired) electrons. The van der Waals surface area contributed by atoms with Gasteiger partial charge < -0.3 is 9.84 Å². The van der Waals surface area contributed by atoms with Crippen molar-refractivity contribution < 1.29 is 8.91 Å². The molecule has 5 heteroatoms. The van der Waals surface area contributed by atoms with Crippen molar-refractivity contribution in [3.05, 3.63) is 41.8 Å². The fourth-order valence-corrected chi connectivity index (χ4v) is 2.56. The Hall–Kier alpha value is -1.72. The number of nitrogens with zero attached hydrogens (tertiary/aromatic N) is 2. The molecule has 0 spiro atoms. The lowest BCUT2D eigenvalue weighted by molar-refractivity contribution is 0.195. The summed E-state index contributed by atoms with van der Waals surface area (Å²) in [6.07, 6.45) is 0. The molecule has 1 unspecified atom stereocenters. The Morgan fingerprint density at radius 1 is 1.45 bits per heavy atom. The molecule has 0 amide bonds. The van der Waals surface area contributed by atoms with Crippen LogP contribution in [-0.2, 0) is 6.54 Å². The summed E-state index contributed by atoms with van der Waals surface area (Å²) in [5.41, 5.74) is 1.30. The third-order valence-electron chi connectivity index (χ3n) is 3.54. The minimum absolute atomic E-state index is 0.286. The molecule has 0 aliphatic carbocycles. The van der Waals surface area contributed by atoms with Crippen LogP contribution in [0.4, 0.5) is 4.39 Å². The monoisotopic (exact) mass is 275 g/mol. The molecule has 4 nitrogen and oxygen atoms in total. The average molecular weight is 275 g/mol. The predicted molar refractivity (Wildman–Crippen MR) is 74.6 cm³/mol. The number of aromatic nitrogens is 1. The van der Waals surface area contributed by atoms with Gasteiger partial charge in [-0.15, -0.1) is 0 Å². The number of piperazine rings is 1. The second-order valence-electron chi connectivity index (χ2n) is 5.25. The molecule has 1 saturated heterocycles. The van der Waals surface area contributed by atoms with Crippen molar-refractivity contribution >= 4 is 0 Å². The van der Waals surface area contributed by atoms with Crippen LogP contribution >= 0.6 is 0 Å². The standard InChI is InChI=1S/C15H18FN3O/c1-11-9-19(7-6-17-11)10-12-8-15(20-18-12)13-4-2-3-5-14(13)16/h2-5,8,11,17H,6-7,9-10H2,1H3. The van der Waals surface area contributed by atoms with E-state index >= 15 is 0 Å². The van der Waals surface area contributed by atoms with Crippen molar-refractivity contribution in [1.29, 1.82) is 0 Å². The first-order valence-electron chi connectivity index (χ1n) is 6.88. The summed E-state index contributed by atoms with van der Waals surface area (Å²) in [6, 6.07) is 8.89.